The summed E-state index contributed by atoms with van der Waals surface area (Å²) in [4.78, 5) is 11.0. The maximum Gasteiger partial charge on any atom is 0.335 e. The highest BCUT2D eigenvalue weighted by atomic mass is 16.5. The third-order valence-corrected chi connectivity index (χ3v) is 5.20. The van der Waals surface area contributed by atoms with Gasteiger partial charge in [0.15, 0.2) is 0 Å². The van der Waals surface area contributed by atoms with Gasteiger partial charge in [-0.3, -0.25) is 0 Å². The van der Waals surface area contributed by atoms with Crippen molar-refractivity contribution >= 4 is 5.97 Å². The molecule has 22 heavy (non-hydrogen) atoms. The molecule has 1 aromatic rings. The molecule has 2 rings (SSSR count). The largest absolute Gasteiger partial charge is 0.478 e. The maximum absolute atomic E-state index is 11.0. The molecule has 0 amide bonds. The standard InChI is InChI=1S/C18H27NO3/c1-4-18(5-2)15(11-16(18)22-6-3)19-12-13-8-7-9-14(10-13)17(20)21/h7-10,15-16,19H,4-6,11-12H2,1-3H3,(H,20,21). The smallest absolute Gasteiger partial charge is 0.335 e. The van der Waals surface area contributed by atoms with Gasteiger partial charge in [0.2, 0.25) is 0 Å². The fourth-order valence-electron chi connectivity index (χ4n) is 3.72. The van der Waals surface area contributed by atoms with E-state index in [1.54, 1.807) is 18.2 Å². The molecule has 0 aliphatic heterocycles. The minimum Gasteiger partial charge on any atom is -0.478 e. The highest BCUT2D eigenvalue weighted by molar-refractivity contribution is 5.87. The Morgan fingerprint density at radius 1 is 1.36 bits per heavy atom. The van der Waals surface area contributed by atoms with Gasteiger partial charge in [0.1, 0.15) is 0 Å². The first-order valence-corrected chi connectivity index (χ1v) is 8.24. The van der Waals surface area contributed by atoms with Crippen LogP contribution in [-0.2, 0) is 11.3 Å². The first kappa shape index (κ1) is 17.0. The van der Waals surface area contributed by atoms with Gasteiger partial charge in [-0.25, -0.2) is 4.79 Å². The minimum atomic E-state index is -0.877. The van der Waals surface area contributed by atoms with Gasteiger partial charge in [-0.1, -0.05) is 26.0 Å². The molecule has 1 aromatic carbocycles. The molecule has 1 aliphatic carbocycles. The van der Waals surface area contributed by atoms with Crippen LogP contribution in [0, 0.1) is 5.41 Å². The monoisotopic (exact) mass is 305 g/mol. The Morgan fingerprint density at radius 2 is 2.09 bits per heavy atom. The topological polar surface area (TPSA) is 58.6 Å². The van der Waals surface area contributed by atoms with Gasteiger partial charge in [0.05, 0.1) is 11.7 Å². The van der Waals surface area contributed by atoms with Gasteiger partial charge in [0, 0.05) is 24.6 Å². The molecular weight excluding hydrogens is 278 g/mol. The summed E-state index contributed by atoms with van der Waals surface area (Å²) >= 11 is 0. The van der Waals surface area contributed by atoms with Crippen LogP contribution in [0.2, 0.25) is 0 Å². The second kappa shape index (κ2) is 7.25. The van der Waals surface area contributed by atoms with Crippen LogP contribution in [0.4, 0.5) is 0 Å². The number of benzene rings is 1. The number of hydrogen-bond acceptors (Lipinski definition) is 3. The van der Waals surface area contributed by atoms with Gasteiger partial charge in [-0.2, -0.15) is 0 Å². The lowest BCUT2D eigenvalue weighted by atomic mass is 9.58. The first-order valence-electron chi connectivity index (χ1n) is 8.24. The summed E-state index contributed by atoms with van der Waals surface area (Å²) in [5.41, 5.74) is 1.57. The van der Waals surface area contributed by atoms with Crippen LogP contribution in [0.5, 0.6) is 0 Å². The van der Waals surface area contributed by atoms with Crippen LogP contribution >= 0.6 is 0 Å². The van der Waals surface area contributed by atoms with Crippen LogP contribution in [0.1, 0.15) is 56.0 Å². The summed E-state index contributed by atoms with van der Waals surface area (Å²) in [5, 5.41) is 12.7. The van der Waals surface area contributed by atoms with Crippen LogP contribution in [0.15, 0.2) is 24.3 Å². The van der Waals surface area contributed by atoms with E-state index in [2.05, 4.69) is 19.2 Å². The second-order valence-electron chi connectivity index (χ2n) is 6.06. The molecule has 2 N–H and O–H groups in total. The predicted octanol–water partition coefficient (Wildman–Crippen LogP) is 3.46. The molecule has 2 atom stereocenters. The summed E-state index contributed by atoms with van der Waals surface area (Å²) in [6.45, 7) is 7.98. The van der Waals surface area contributed by atoms with Gasteiger partial charge in [-0.15, -0.1) is 0 Å². The molecule has 122 valence electrons. The van der Waals surface area contributed by atoms with Crippen molar-refractivity contribution in [2.24, 2.45) is 5.41 Å². The Kier molecular flexibility index (Phi) is 5.59. The third kappa shape index (κ3) is 3.18. The van der Waals surface area contributed by atoms with Crippen molar-refractivity contribution in [1.82, 2.24) is 5.32 Å². The lowest BCUT2D eigenvalue weighted by Crippen LogP contribution is -2.63. The summed E-state index contributed by atoms with van der Waals surface area (Å²) in [6, 6.07) is 7.58. The van der Waals surface area contributed by atoms with Crippen molar-refractivity contribution in [3.63, 3.8) is 0 Å². The predicted molar refractivity (Wildman–Crippen MR) is 87.1 cm³/mol. The van der Waals surface area contributed by atoms with E-state index in [1.165, 1.54) is 0 Å². The lowest BCUT2D eigenvalue weighted by molar-refractivity contribution is -0.138. The fourth-order valence-corrected chi connectivity index (χ4v) is 3.72. The van der Waals surface area contributed by atoms with E-state index < -0.39 is 5.97 Å². The van der Waals surface area contributed by atoms with Crippen LogP contribution in [0.3, 0.4) is 0 Å². The lowest BCUT2D eigenvalue weighted by Gasteiger charge is -2.55. The molecular formula is C18H27NO3. The molecule has 0 spiro atoms. The van der Waals surface area contributed by atoms with E-state index in [4.69, 9.17) is 9.84 Å². The Hall–Kier alpha value is -1.39. The zero-order chi connectivity index (χ0) is 16.2. The summed E-state index contributed by atoms with van der Waals surface area (Å²) in [6.07, 6.45) is 3.58. The number of carboxylic acid groups (broad SMARTS) is 1. The molecule has 4 heteroatoms. The Bertz CT molecular complexity index is 511. The van der Waals surface area contributed by atoms with Gasteiger partial charge in [-0.05, 0) is 43.9 Å². The molecule has 4 nitrogen and oxygen atoms in total. The quantitative estimate of drug-likeness (QED) is 0.772. The number of nitrogens with one attached hydrogen (secondary N) is 1. The molecule has 0 saturated heterocycles. The zero-order valence-corrected chi connectivity index (χ0v) is 13.8. The highest BCUT2D eigenvalue weighted by Gasteiger charge is 2.52. The van der Waals surface area contributed by atoms with Crippen molar-refractivity contribution in [2.75, 3.05) is 6.61 Å². The molecule has 2 unspecified atom stereocenters. The maximum atomic E-state index is 11.0. The van der Waals surface area contributed by atoms with E-state index in [-0.39, 0.29) is 5.41 Å². The first-order chi connectivity index (χ1) is 10.6. The molecule has 0 bridgehead atoms. The van der Waals surface area contributed by atoms with E-state index >= 15 is 0 Å². The number of aromatic carboxylic acids is 1. The highest BCUT2D eigenvalue weighted by Crippen LogP contribution is 2.48. The normalized spacial score (nSPS) is 23.0. The van der Waals surface area contributed by atoms with E-state index in [1.807, 2.05) is 13.0 Å². The Balaban J connectivity index is 1.99. The Labute approximate surface area is 132 Å². The average Bonchev–Trinajstić information content (AvgIpc) is 2.51. The molecule has 1 saturated carbocycles. The average molecular weight is 305 g/mol. The summed E-state index contributed by atoms with van der Waals surface area (Å²) < 4.78 is 5.89. The van der Waals surface area contributed by atoms with Crippen molar-refractivity contribution in [3.8, 4) is 0 Å². The van der Waals surface area contributed by atoms with Gasteiger partial charge in [0.25, 0.3) is 0 Å². The number of ether oxygens (including phenoxy) is 1. The number of rotatable bonds is 8. The molecule has 0 heterocycles. The fraction of sp³-hybridized carbons (Fsp3) is 0.611. The molecule has 0 aromatic heterocycles. The zero-order valence-electron chi connectivity index (χ0n) is 13.8. The summed E-state index contributed by atoms with van der Waals surface area (Å²) in [5.74, 6) is -0.877. The van der Waals surface area contributed by atoms with Crippen LogP contribution < -0.4 is 5.32 Å². The van der Waals surface area contributed by atoms with Gasteiger partial charge < -0.3 is 15.2 Å². The third-order valence-electron chi connectivity index (χ3n) is 5.20. The minimum absolute atomic E-state index is 0.209. The van der Waals surface area contributed by atoms with E-state index in [9.17, 15) is 4.79 Å². The molecule has 1 fully saturated rings. The number of hydrogen-bond donors (Lipinski definition) is 2. The van der Waals surface area contributed by atoms with Crippen molar-refractivity contribution < 1.29 is 14.6 Å². The molecule has 0 radical (unpaired) electrons. The van der Waals surface area contributed by atoms with Crippen molar-refractivity contribution in [2.45, 2.75) is 58.7 Å². The van der Waals surface area contributed by atoms with Gasteiger partial charge >= 0.3 is 5.97 Å². The van der Waals surface area contributed by atoms with Crippen molar-refractivity contribution in [3.05, 3.63) is 35.4 Å². The van der Waals surface area contributed by atoms with E-state index in [0.29, 0.717) is 24.3 Å². The Morgan fingerprint density at radius 3 is 2.68 bits per heavy atom. The van der Waals surface area contributed by atoms with E-state index in [0.717, 1.165) is 31.4 Å². The van der Waals surface area contributed by atoms with Crippen molar-refractivity contribution in [1.29, 1.82) is 0 Å². The SMILES string of the molecule is CCOC1CC(NCc2cccc(C(=O)O)c2)C1(CC)CC. The second-order valence-corrected chi connectivity index (χ2v) is 6.06. The number of carboxylic acids is 1. The van der Waals surface area contributed by atoms with Crippen LogP contribution in [-0.4, -0.2) is 29.8 Å². The molecule has 1 aliphatic rings. The summed E-state index contributed by atoms with van der Waals surface area (Å²) in [7, 11) is 0. The van der Waals surface area contributed by atoms with Crippen LogP contribution in [0.25, 0.3) is 0 Å². The number of carbonyl (C=O) groups is 1.